The number of hydrazone groups is 1. The molecule has 8 nitrogen and oxygen atoms in total. The summed E-state index contributed by atoms with van der Waals surface area (Å²) in [5.74, 6) is 1.36. The second-order valence-corrected chi connectivity index (χ2v) is 8.72. The molecule has 35 heavy (non-hydrogen) atoms. The molecule has 0 bridgehead atoms. The first-order valence-electron chi connectivity index (χ1n) is 10.9. The Balaban J connectivity index is 1.45. The number of nitrogens with zero attached hydrogens (tertiary/aromatic N) is 5. The van der Waals surface area contributed by atoms with Crippen molar-refractivity contribution < 1.29 is 9.53 Å². The number of benzene rings is 3. The number of aromatic nitrogens is 3. The highest BCUT2D eigenvalue weighted by atomic mass is 32.2. The highest BCUT2D eigenvalue weighted by Crippen LogP contribution is 2.28. The van der Waals surface area contributed by atoms with Crippen LogP contribution in [0, 0.1) is 0 Å². The van der Waals surface area contributed by atoms with Gasteiger partial charge in [-0.2, -0.15) is 5.10 Å². The summed E-state index contributed by atoms with van der Waals surface area (Å²) in [5.41, 5.74) is 6.37. The molecule has 0 saturated heterocycles. The predicted molar refractivity (Wildman–Crippen MR) is 141 cm³/mol. The molecule has 3 aromatic carbocycles. The van der Waals surface area contributed by atoms with Crippen LogP contribution in [-0.4, -0.2) is 53.8 Å². The van der Waals surface area contributed by atoms with Crippen LogP contribution in [0.5, 0.6) is 5.75 Å². The minimum absolute atomic E-state index is 0.143. The third kappa shape index (κ3) is 6.07. The number of carbonyl (C=O) groups excluding carboxylic acids is 1. The zero-order valence-electron chi connectivity index (χ0n) is 19.8. The molecule has 0 radical (unpaired) electrons. The van der Waals surface area contributed by atoms with E-state index in [4.69, 9.17) is 4.74 Å². The summed E-state index contributed by atoms with van der Waals surface area (Å²) in [5, 5.41) is 13.4. The number of ether oxygens (including phenoxy) is 1. The first kappa shape index (κ1) is 24.0. The van der Waals surface area contributed by atoms with E-state index in [-0.39, 0.29) is 11.7 Å². The summed E-state index contributed by atoms with van der Waals surface area (Å²) in [4.78, 5) is 14.4. The van der Waals surface area contributed by atoms with Crippen LogP contribution >= 0.6 is 11.8 Å². The van der Waals surface area contributed by atoms with Crippen molar-refractivity contribution in [1.82, 2.24) is 20.2 Å². The quantitative estimate of drug-likeness (QED) is 0.216. The number of carbonyl (C=O) groups is 1. The molecule has 0 aliphatic heterocycles. The van der Waals surface area contributed by atoms with E-state index in [0.29, 0.717) is 11.0 Å². The molecule has 1 amide bonds. The minimum atomic E-state index is -0.232. The molecule has 9 heteroatoms. The Bertz CT molecular complexity index is 1290. The average Bonchev–Trinajstić information content (AvgIpc) is 3.32. The van der Waals surface area contributed by atoms with Crippen LogP contribution in [0.4, 0.5) is 5.69 Å². The van der Waals surface area contributed by atoms with Crippen molar-refractivity contribution >= 4 is 29.6 Å². The van der Waals surface area contributed by atoms with Crippen molar-refractivity contribution in [2.24, 2.45) is 5.10 Å². The first-order chi connectivity index (χ1) is 17.0. The second-order valence-electron chi connectivity index (χ2n) is 7.77. The number of methoxy groups -OCH3 is 1. The van der Waals surface area contributed by atoms with Crippen LogP contribution in [0.1, 0.15) is 5.56 Å². The Morgan fingerprint density at radius 2 is 1.74 bits per heavy atom. The molecule has 0 atom stereocenters. The Kier molecular flexibility index (Phi) is 7.79. The monoisotopic (exact) mass is 486 g/mol. The van der Waals surface area contributed by atoms with Gasteiger partial charge in [-0.05, 0) is 54.1 Å². The fourth-order valence-corrected chi connectivity index (χ4v) is 4.04. The first-order valence-corrected chi connectivity index (χ1v) is 11.9. The van der Waals surface area contributed by atoms with Gasteiger partial charge in [0, 0.05) is 31.0 Å². The Hall–Kier alpha value is -4.11. The van der Waals surface area contributed by atoms with Crippen LogP contribution in [0.3, 0.4) is 0 Å². The molecule has 0 saturated carbocycles. The maximum absolute atomic E-state index is 12.4. The van der Waals surface area contributed by atoms with Crippen molar-refractivity contribution in [3.05, 3.63) is 84.4 Å². The third-order valence-electron chi connectivity index (χ3n) is 5.14. The van der Waals surface area contributed by atoms with Gasteiger partial charge in [0.05, 0.1) is 19.1 Å². The SMILES string of the molecule is COc1ccc(-c2nnc(SCC(=O)N/N=C/c3ccc(N(C)C)cc3)n2-c2ccccc2)cc1. The number of hydrogen-bond acceptors (Lipinski definition) is 7. The maximum atomic E-state index is 12.4. The molecular formula is C26H26N6O2S. The molecule has 1 heterocycles. The van der Waals surface area contributed by atoms with Gasteiger partial charge in [-0.1, -0.05) is 42.1 Å². The lowest BCUT2D eigenvalue weighted by molar-refractivity contribution is -0.118. The summed E-state index contributed by atoms with van der Waals surface area (Å²) in [7, 11) is 5.60. The molecule has 0 unspecified atom stereocenters. The maximum Gasteiger partial charge on any atom is 0.250 e. The number of rotatable bonds is 9. The minimum Gasteiger partial charge on any atom is -0.497 e. The van der Waals surface area contributed by atoms with Gasteiger partial charge in [0.1, 0.15) is 5.75 Å². The zero-order valence-corrected chi connectivity index (χ0v) is 20.6. The normalized spacial score (nSPS) is 10.9. The summed E-state index contributed by atoms with van der Waals surface area (Å²) < 4.78 is 7.20. The molecule has 0 aliphatic rings. The molecule has 0 spiro atoms. The molecule has 1 N–H and O–H groups in total. The number of anilines is 1. The van der Waals surface area contributed by atoms with Crippen molar-refractivity contribution in [2.75, 3.05) is 31.9 Å². The van der Waals surface area contributed by atoms with Crippen molar-refractivity contribution in [1.29, 1.82) is 0 Å². The van der Waals surface area contributed by atoms with Gasteiger partial charge in [0.15, 0.2) is 11.0 Å². The van der Waals surface area contributed by atoms with Crippen molar-refractivity contribution in [3.8, 4) is 22.8 Å². The van der Waals surface area contributed by atoms with Crippen molar-refractivity contribution in [3.63, 3.8) is 0 Å². The molecule has 1 aromatic heterocycles. The molecule has 4 rings (SSSR count). The summed E-state index contributed by atoms with van der Waals surface area (Å²) in [6, 6.07) is 25.3. The van der Waals surface area contributed by atoms with E-state index in [1.54, 1.807) is 13.3 Å². The van der Waals surface area contributed by atoms with Gasteiger partial charge in [-0.15, -0.1) is 10.2 Å². The number of amides is 1. The number of hydrogen-bond donors (Lipinski definition) is 1. The third-order valence-corrected chi connectivity index (χ3v) is 6.07. The van der Waals surface area contributed by atoms with Gasteiger partial charge in [-0.3, -0.25) is 9.36 Å². The summed E-state index contributed by atoms with van der Waals surface area (Å²) in [6.45, 7) is 0. The van der Waals surface area contributed by atoms with E-state index < -0.39 is 0 Å². The van der Waals surface area contributed by atoms with Crippen LogP contribution in [0.15, 0.2) is 89.1 Å². The molecule has 178 valence electrons. The standard InChI is InChI=1S/C26H26N6O2S/c1-31(2)21-13-9-19(10-14-21)17-27-28-24(33)18-35-26-30-29-25(20-11-15-23(34-3)16-12-20)32(26)22-7-5-4-6-8-22/h4-17H,18H2,1-3H3,(H,28,33)/b27-17+. The summed E-state index contributed by atoms with van der Waals surface area (Å²) >= 11 is 1.30. The van der Waals surface area contributed by atoms with Crippen molar-refractivity contribution in [2.45, 2.75) is 5.16 Å². The van der Waals surface area contributed by atoms with E-state index in [1.807, 2.05) is 102 Å². The highest BCUT2D eigenvalue weighted by Gasteiger charge is 2.17. The smallest absolute Gasteiger partial charge is 0.250 e. The zero-order chi connectivity index (χ0) is 24.6. The van der Waals surface area contributed by atoms with Crippen LogP contribution < -0.4 is 15.1 Å². The summed E-state index contributed by atoms with van der Waals surface area (Å²) in [6.07, 6.45) is 1.62. The van der Waals surface area contributed by atoms with E-state index >= 15 is 0 Å². The fraction of sp³-hybridized carbons (Fsp3) is 0.154. The average molecular weight is 487 g/mol. The lowest BCUT2D eigenvalue weighted by Crippen LogP contribution is -2.20. The Morgan fingerprint density at radius 1 is 1.03 bits per heavy atom. The number of nitrogens with one attached hydrogen (secondary N) is 1. The molecular weight excluding hydrogens is 460 g/mol. The second kappa shape index (κ2) is 11.3. The van der Waals surface area contributed by atoms with Gasteiger partial charge in [0.25, 0.3) is 5.91 Å². The van der Waals surface area contributed by atoms with E-state index in [1.165, 1.54) is 11.8 Å². The van der Waals surface area contributed by atoms with Gasteiger partial charge < -0.3 is 9.64 Å². The van der Waals surface area contributed by atoms with Gasteiger partial charge in [0.2, 0.25) is 0 Å². The number of thioether (sulfide) groups is 1. The molecule has 4 aromatic rings. The Labute approximate surface area is 208 Å². The van der Waals surface area contributed by atoms with Crippen LogP contribution in [0.2, 0.25) is 0 Å². The molecule has 0 fully saturated rings. The van der Waals surface area contributed by atoms with E-state index in [2.05, 4.69) is 20.7 Å². The lowest BCUT2D eigenvalue weighted by Gasteiger charge is -2.11. The highest BCUT2D eigenvalue weighted by molar-refractivity contribution is 7.99. The topological polar surface area (TPSA) is 84.6 Å². The molecule has 0 aliphatic carbocycles. The van der Waals surface area contributed by atoms with Crippen LogP contribution in [-0.2, 0) is 4.79 Å². The number of para-hydroxylation sites is 1. The van der Waals surface area contributed by atoms with E-state index in [0.717, 1.165) is 28.3 Å². The van der Waals surface area contributed by atoms with Crippen LogP contribution in [0.25, 0.3) is 17.1 Å². The van der Waals surface area contributed by atoms with E-state index in [9.17, 15) is 4.79 Å². The fourth-order valence-electron chi connectivity index (χ4n) is 3.30. The predicted octanol–water partition coefficient (Wildman–Crippen LogP) is 4.25. The largest absolute Gasteiger partial charge is 0.497 e. The lowest BCUT2D eigenvalue weighted by atomic mass is 10.2. The Morgan fingerprint density at radius 3 is 2.40 bits per heavy atom. The van der Waals surface area contributed by atoms with Gasteiger partial charge in [-0.25, -0.2) is 5.43 Å². The van der Waals surface area contributed by atoms with Gasteiger partial charge >= 0.3 is 0 Å².